The summed E-state index contributed by atoms with van der Waals surface area (Å²) in [6.07, 6.45) is 0. The number of hydrogen-bond acceptors (Lipinski definition) is 6. The highest BCUT2D eigenvalue weighted by molar-refractivity contribution is 6.30. The molecule has 0 saturated carbocycles. The van der Waals surface area contributed by atoms with Gasteiger partial charge in [0.25, 0.3) is 11.8 Å². The van der Waals surface area contributed by atoms with Crippen LogP contribution in [0.2, 0.25) is 5.02 Å². The summed E-state index contributed by atoms with van der Waals surface area (Å²) in [6, 6.07) is 17.6. The van der Waals surface area contributed by atoms with Gasteiger partial charge in [-0.3, -0.25) is 19.3 Å². The zero-order valence-corrected chi connectivity index (χ0v) is 17.6. The van der Waals surface area contributed by atoms with Gasteiger partial charge in [0.15, 0.2) is 13.2 Å². The highest BCUT2D eigenvalue weighted by atomic mass is 35.5. The molecule has 3 aromatic rings. The molecule has 32 heavy (non-hydrogen) atoms. The van der Waals surface area contributed by atoms with Crippen LogP contribution in [0.3, 0.4) is 0 Å². The van der Waals surface area contributed by atoms with E-state index in [0.29, 0.717) is 28.0 Å². The molecule has 1 N–H and O–H groups in total. The smallest absolute Gasteiger partial charge is 0.326 e. The first-order valence-electron chi connectivity index (χ1n) is 9.79. The fourth-order valence-corrected chi connectivity index (χ4v) is 3.25. The van der Waals surface area contributed by atoms with E-state index in [9.17, 15) is 14.4 Å². The van der Waals surface area contributed by atoms with Crippen LogP contribution in [-0.4, -0.2) is 37.5 Å². The van der Waals surface area contributed by atoms with Crippen molar-refractivity contribution in [3.8, 4) is 17.1 Å². The number of furan rings is 1. The Labute approximate surface area is 188 Å². The quantitative estimate of drug-likeness (QED) is 0.550. The number of esters is 1. The van der Waals surface area contributed by atoms with Crippen LogP contribution in [0.4, 0.5) is 5.69 Å². The van der Waals surface area contributed by atoms with Crippen LogP contribution in [0.15, 0.2) is 65.1 Å². The lowest BCUT2D eigenvalue weighted by Gasteiger charge is -2.28. The number of carbonyl (C=O) groups excluding carboxylic acids is 3. The van der Waals surface area contributed by atoms with E-state index in [2.05, 4.69) is 5.32 Å². The number of nitrogens with one attached hydrogen (secondary N) is 1. The van der Waals surface area contributed by atoms with Crippen molar-refractivity contribution < 1.29 is 28.3 Å². The van der Waals surface area contributed by atoms with Crippen molar-refractivity contribution in [1.29, 1.82) is 0 Å². The number of hydrogen-bond donors (Lipinski definition) is 1. The highest BCUT2D eigenvalue weighted by Gasteiger charge is 2.27. The molecular formula is C23H19ClN2O6. The van der Waals surface area contributed by atoms with Crippen molar-refractivity contribution in [3.63, 3.8) is 0 Å². The van der Waals surface area contributed by atoms with Crippen LogP contribution in [0, 0.1) is 0 Å². The Morgan fingerprint density at radius 3 is 2.66 bits per heavy atom. The van der Waals surface area contributed by atoms with Crippen molar-refractivity contribution in [1.82, 2.24) is 5.32 Å². The third kappa shape index (κ3) is 5.09. The molecule has 2 heterocycles. The Morgan fingerprint density at radius 2 is 1.84 bits per heavy atom. The molecule has 2 amide bonds. The summed E-state index contributed by atoms with van der Waals surface area (Å²) < 4.78 is 16.1. The van der Waals surface area contributed by atoms with Crippen LogP contribution in [0.25, 0.3) is 11.3 Å². The number of rotatable bonds is 7. The zero-order chi connectivity index (χ0) is 22.5. The number of carbonyl (C=O) groups is 3. The van der Waals surface area contributed by atoms with E-state index in [4.69, 9.17) is 25.5 Å². The Kier molecular flexibility index (Phi) is 6.42. The summed E-state index contributed by atoms with van der Waals surface area (Å²) in [6.45, 7) is -0.801. The summed E-state index contributed by atoms with van der Waals surface area (Å²) in [4.78, 5) is 37.6. The van der Waals surface area contributed by atoms with Gasteiger partial charge in [0.05, 0.1) is 12.2 Å². The Morgan fingerprint density at radius 1 is 1.06 bits per heavy atom. The Balaban J connectivity index is 1.24. The predicted octanol–water partition coefficient (Wildman–Crippen LogP) is 3.19. The summed E-state index contributed by atoms with van der Waals surface area (Å²) in [7, 11) is 0. The van der Waals surface area contributed by atoms with Gasteiger partial charge in [0.2, 0.25) is 0 Å². The van der Waals surface area contributed by atoms with E-state index >= 15 is 0 Å². The van der Waals surface area contributed by atoms with E-state index in [1.165, 1.54) is 4.90 Å². The summed E-state index contributed by atoms with van der Waals surface area (Å²) in [5, 5.41) is 3.25. The zero-order valence-electron chi connectivity index (χ0n) is 16.9. The van der Waals surface area contributed by atoms with Gasteiger partial charge in [-0.2, -0.15) is 0 Å². The van der Waals surface area contributed by atoms with Gasteiger partial charge in [-0.15, -0.1) is 0 Å². The molecule has 2 aromatic carbocycles. The lowest BCUT2D eigenvalue weighted by atomic mass is 10.2. The lowest BCUT2D eigenvalue weighted by Crippen LogP contribution is -2.43. The number of anilines is 1. The van der Waals surface area contributed by atoms with Gasteiger partial charge in [0.1, 0.15) is 23.8 Å². The molecule has 1 aliphatic rings. The topological polar surface area (TPSA) is 98.1 Å². The second-order valence-electron chi connectivity index (χ2n) is 6.95. The third-order valence-corrected chi connectivity index (χ3v) is 4.96. The summed E-state index contributed by atoms with van der Waals surface area (Å²) in [5.74, 6) is 0.149. The normalized spacial score (nSPS) is 12.7. The molecule has 9 heteroatoms. The molecule has 0 aliphatic carbocycles. The van der Waals surface area contributed by atoms with Crippen LogP contribution in [0.5, 0.6) is 5.75 Å². The fourth-order valence-electron chi connectivity index (χ4n) is 3.13. The molecule has 0 saturated heterocycles. The van der Waals surface area contributed by atoms with E-state index in [-0.39, 0.29) is 25.6 Å². The standard InChI is InChI=1S/C23H19ClN2O6/c24-16-7-5-15(6-8-16)19-10-9-17(32-19)11-25-21(27)13-31-23(29)12-26-18-3-1-2-4-20(18)30-14-22(26)28/h1-10H,11-14H2,(H,25,27). The Bertz CT molecular complexity index is 1140. The number of benzene rings is 2. The number of amides is 2. The maximum atomic E-state index is 12.2. The van der Waals surface area contributed by atoms with E-state index in [1.54, 1.807) is 48.5 Å². The molecular weight excluding hydrogens is 436 g/mol. The largest absolute Gasteiger partial charge is 0.482 e. The minimum absolute atomic E-state index is 0.138. The molecule has 0 spiro atoms. The number of ether oxygens (including phenoxy) is 2. The molecule has 0 atom stereocenters. The third-order valence-electron chi connectivity index (χ3n) is 4.71. The Hall–Kier alpha value is -3.78. The highest BCUT2D eigenvalue weighted by Crippen LogP contribution is 2.31. The van der Waals surface area contributed by atoms with E-state index < -0.39 is 18.5 Å². The van der Waals surface area contributed by atoms with Gasteiger partial charge in [-0.1, -0.05) is 23.7 Å². The molecule has 4 rings (SSSR count). The van der Waals surface area contributed by atoms with Gasteiger partial charge in [0, 0.05) is 10.6 Å². The van der Waals surface area contributed by atoms with Gasteiger partial charge >= 0.3 is 5.97 Å². The maximum Gasteiger partial charge on any atom is 0.326 e. The monoisotopic (exact) mass is 454 g/mol. The molecule has 0 bridgehead atoms. The number of fused-ring (bicyclic) bond motifs is 1. The van der Waals surface area contributed by atoms with Crippen LogP contribution in [0.1, 0.15) is 5.76 Å². The maximum absolute atomic E-state index is 12.2. The molecule has 0 radical (unpaired) electrons. The van der Waals surface area contributed by atoms with Gasteiger partial charge in [-0.25, -0.2) is 0 Å². The molecule has 164 valence electrons. The average Bonchev–Trinajstić information content (AvgIpc) is 3.28. The van der Waals surface area contributed by atoms with Crippen molar-refractivity contribution in [2.45, 2.75) is 6.54 Å². The first-order valence-corrected chi connectivity index (χ1v) is 10.2. The van der Waals surface area contributed by atoms with Crippen molar-refractivity contribution in [2.75, 3.05) is 24.7 Å². The lowest BCUT2D eigenvalue weighted by molar-refractivity contribution is -0.147. The summed E-state index contributed by atoms with van der Waals surface area (Å²) >= 11 is 5.89. The number of halogens is 1. The molecule has 1 aliphatic heterocycles. The SMILES string of the molecule is O=C(COC(=O)CN1C(=O)COc2ccccc21)NCc1ccc(-c2ccc(Cl)cc2)o1. The van der Waals surface area contributed by atoms with Crippen LogP contribution < -0.4 is 15.0 Å². The van der Waals surface area contributed by atoms with Crippen molar-refractivity contribution in [3.05, 3.63) is 71.4 Å². The molecule has 0 fully saturated rings. The average molecular weight is 455 g/mol. The molecule has 1 aromatic heterocycles. The minimum Gasteiger partial charge on any atom is -0.482 e. The van der Waals surface area contributed by atoms with Crippen molar-refractivity contribution in [2.24, 2.45) is 0 Å². The number of nitrogens with zero attached hydrogens (tertiary/aromatic N) is 1. The second-order valence-corrected chi connectivity index (χ2v) is 7.38. The van der Waals surface area contributed by atoms with E-state index in [0.717, 1.165) is 5.56 Å². The van der Waals surface area contributed by atoms with E-state index in [1.807, 2.05) is 12.1 Å². The first-order chi connectivity index (χ1) is 15.5. The van der Waals surface area contributed by atoms with Crippen LogP contribution in [-0.2, 0) is 25.7 Å². The van der Waals surface area contributed by atoms with Gasteiger partial charge < -0.3 is 19.2 Å². The van der Waals surface area contributed by atoms with Crippen molar-refractivity contribution >= 4 is 35.1 Å². The first kappa shape index (κ1) is 21.5. The van der Waals surface area contributed by atoms with Crippen LogP contribution >= 0.6 is 11.6 Å². The molecule has 0 unspecified atom stereocenters. The molecule has 8 nitrogen and oxygen atoms in total. The predicted molar refractivity (Wildman–Crippen MR) is 116 cm³/mol. The second kappa shape index (κ2) is 9.57. The number of para-hydroxylation sites is 2. The fraction of sp³-hybridized carbons (Fsp3) is 0.174. The summed E-state index contributed by atoms with van der Waals surface area (Å²) in [5.41, 5.74) is 1.35. The van der Waals surface area contributed by atoms with Gasteiger partial charge in [-0.05, 0) is 48.5 Å². The minimum atomic E-state index is -0.701.